The lowest BCUT2D eigenvalue weighted by Crippen LogP contribution is -2.27. The quantitative estimate of drug-likeness (QED) is 0.192. The SMILES string of the molecule is C[N+](C)(C)C.C[N+](C)(C)C.O=C([O-])c1ccccc1-c1c2cc(Br)c(=O)c(Br)c-2oc2c(Br)c([O-])c(Br)cc12. The highest BCUT2D eigenvalue weighted by Crippen LogP contribution is 2.48. The largest absolute Gasteiger partial charge is 0.871 e. The number of carboxylic acid groups (broad SMARTS) is 1. The first-order valence-electron chi connectivity index (χ1n) is 11.5. The van der Waals surface area contributed by atoms with Gasteiger partial charge in [-0.15, -0.1) is 0 Å². The Morgan fingerprint density at radius 3 is 1.82 bits per heavy atom. The van der Waals surface area contributed by atoms with Crippen LogP contribution in [0.15, 0.2) is 63.5 Å². The third kappa shape index (κ3) is 8.86. The number of rotatable bonds is 2. The first-order valence-corrected chi connectivity index (χ1v) is 14.7. The fraction of sp³-hybridized carbons (Fsp3) is 0.286. The lowest BCUT2D eigenvalue weighted by atomic mass is 9.91. The van der Waals surface area contributed by atoms with E-state index in [1.165, 1.54) is 6.07 Å². The Morgan fingerprint density at radius 2 is 1.31 bits per heavy atom. The maximum absolute atomic E-state index is 12.4. The molecule has 1 aliphatic heterocycles. The van der Waals surface area contributed by atoms with E-state index in [0.29, 0.717) is 22.1 Å². The van der Waals surface area contributed by atoms with Crippen molar-refractivity contribution in [3.63, 3.8) is 0 Å². The summed E-state index contributed by atoms with van der Waals surface area (Å²) in [5.74, 6) is -1.49. The van der Waals surface area contributed by atoms with E-state index < -0.39 is 5.97 Å². The maximum atomic E-state index is 12.4. The smallest absolute Gasteiger partial charge is 0.210 e. The number of halogens is 4. The summed E-state index contributed by atoms with van der Waals surface area (Å²) in [7, 11) is 17.0. The van der Waals surface area contributed by atoms with Gasteiger partial charge in [-0.2, -0.15) is 0 Å². The topological polar surface area (TPSA) is 93.4 Å². The second-order valence-corrected chi connectivity index (χ2v) is 14.7. The summed E-state index contributed by atoms with van der Waals surface area (Å²) >= 11 is 13.0. The van der Waals surface area contributed by atoms with Crippen LogP contribution in [0.3, 0.4) is 0 Å². The number of fused-ring (bicyclic) bond motifs is 2. The molecular weight excluding hydrogens is 764 g/mol. The molecule has 2 aromatic rings. The van der Waals surface area contributed by atoms with Crippen molar-refractivity contribution in [1.82, 2.24) is 0 Å². The van der Waals surface area contributed by atoms with Gasteiger partial charge in [0.1, 0.15) is 10.1 Å². The van der Waals surface area contributed by atoms with Crippen LogP contribution in [-0.4, -0.2) is 71.3 Å². The summed E-state index contributed by atoms with van der Waals surface area (Å²) in [6.45, 7) is 0. The van der Waals surface area contributed by atoms with E-state index in [1.807, 2.05) is 0 Å². The fourth-order valence-corrected chi connectivity index (χ4v) is 5.56. The van der Waals surface area contributed by atoms with Crippen molar-refractivity contribution in [1.29, 1.82) is 0 Å². The standard InChI is InChI=1S/C20H8Br4O5.2C4H12N/c21-11-5-9-13(7-3-1-2-4-8(7)20(27)28)10-6-12(22)17(26)15(24)19(10)29-18(9)14(23)16(11)25;2*1-5(2,3)4/h1-6,25H,(H,27,28);2*1-4H3/q;2*+1/p-2. The highest BCUT2D eigenvalue weighted by Gasteiger charge is 2.25. The molecule has 0 fully saturated rings. The van der Waals surface area contributed by atoms with Gasteiger partial charge >= 0.3 is 0 Å². The van der Waals surface area contributed by atoms with Crippen molar-refractivity contribution in [2.24, 2.45) is 0 Å². The molecule has 0 aromatic heterocycles. The van der Waals surface area contributed by atoms with Crippen molar-refractivity contribution in [2.75, 3.05) is 56.4 Å². The summed E-state index contributed by atoms with van der Waals surface area (Å²) in [6, 6.07) is 9.50. The Hall–Kier alpha value is -1.76. The number of hydrogen-bond donors (Lipinski definition) is 0. The molecule has 39 heavy (non-hydrogen) atoms. The van der Waals surface area contributed by atoms with Gasteiger partial charge in [-0.05, 0) is 65.5 Å². The Morgan fingerprint density at radius 1 is 0.795 bits per heavy atom. The van der Waals surface area contributed by atoms with Crippen LogP contribution < -0.4 is 15.6 Å². The number of aromatic carboxylic acids is 1. The predicted molar refractivity (Wildman–Crippen MR) is 167 cm³/mol. The number of carboxylic acids is 1. The molecule has 7 nitrogen and oxygen atoms in total. The Kier molecular flexibility index (Phi) is 11.0. The average molecular weight is 794 g/mol. The number of benzene rings is 3. The van der Waals surface area contributed by atoms with Crippen LogP contribution in [0.4, 0.5) is 0 Å². The molecule has 0 saturated heterocycles. The minimum absolute atomic E-state index is 0.0295. The van der Waals surface area contributed by atoms with Gasteiger partial charge in [0.25, 0.3) is 0 Å². The van der Waals surface area contributed by atoms with Crippen LogP contribution in [-0.2, 0) is 0 Å². The normalized spacial score (nSPS) is 11.5. The maximum Gasteiger partial charge on any atom is 0.210 e. The van der Waals surface area contributed by atoms with Crippen LogP contribution in [0.2, 0.25) is 0 Å². The summed E-state index contributed by atoms with van der Waals surface area (Å²) in [5, 5.41) is 24.7. The van der Waals surface area contributed by atoms with Gasteiger partial charge in [0.05, 0.1) is 71.3 Å². The monoisotopic (exact) mass is 790 g/mol. The molecule has 0 N–H and O–H groups in total. The minimum Gasteiger partial charge on any atom is -0.871 e. The van der Waals surface area contributed by atoms with Gasteiger partial charge in [-0.1, -0.05) is 45.9 Å². The van der Waals surface area contributed by atoms with E-state index in [4.69, 9.17) is 4.42 Å². The van der Waals surface area contributed by atoms with Gasteiger partial charge in [-0.25, -0.2) is 0 Å². The zero-order valence-corrected chi connectivity index (χ0v) is 29.3. The van der Waals surface area contributed by atoms with E-state index in [-0.39, 0.29) is 46.0 Å². The fourth-order valence-electron chi connectivity index (χ4n) is 3.16. The Bertz CT molecular complexity index is 1530. The third-order valence-corrected chi connectivity index (χ3v) is 7.04. The predicted octanol–water partition coefficient (Wildman–Crippen LogP) is 5.70. The molecule has 4 rings (SSSR count). The van der Waals surface area contributed by atoms with Crippen molar-refractivity contribution in [3.8, 4) is 28.2 Å². The van der Waals surface area contributed by atoms with Gasteiger partial charge in [-0.3, -0.25) is 4.79 Å². The minimum atomic E-state index is -1.35. The van der Waals surface area contributed by atoms with Gasteiger partial charge in [0.2, 0.25) is 5.43 Å². The number of quaternary nitrogens is 2. The molecule has 0 atom stereocenters. The number of hydrogen-bond acceptors (Lipinski definition) is 5. The van der Waals surface area contributed by atoms with Gasteiger partial charge in [0, 0.05) is 26.5 Å². The molecule has 0 unspecified atom stereocenters. The second-order valence-electron chi connectivity index (χ2n) is 11.4. The molecule has 0 saturated carbocycles. The molecule has 1 heterocycles. The summed E-state index contributed by atoms with van der Waals surface area (Å²) < 4.78 is 8.80. The van der Waals surface area contributed by atoms with E-state index in [1.54, 1.807) is 30.3 Å². The highest BCUT2D eigenvalue weighted by atomic mass is 79.9. The molecule has 2 aromatic carbocycles. The highest BCUT2D eigenvalue weighted by molar-refractivity contribution is 9.11. The molecule has 11 heteroatoms. The first kappa shape index (κ1) is 33.4. The molecule has 1 aliphatic carbocycles. The summed E-state index contributed by atoms with van der Waals surface area (Å²) in [5.41, 5.74) is 1.17. The summed E-state index contributed by atoms with van der Waals surface area (Å²) in [4.78, 5) is 24.2. The van der Waals surface area contributed by atoms with Crippen molar-refractivity contribution in [3.05, 3.63) is 70.1 Å². The molecule has 0 spiro atoms. The zero-order chi connectivity index (χ0) is 30.0. The Balaban J connectivity index is 0.000000458. The third-order valence-electron chi connectivity index (χ3n) is 4.42. The first-order chi connectivity index (χ1) is 17.7. The van der Waals surface area contributed by atoms with Crippen LogP contribution in [0.5, 0.6) is 5.75 Å². The average Bonchev–Trinajstić information content (AvgIpc) is 2.78. The van der Waals surface area contributed by atoms with Crippen molar-refractivity contribution in [2.45, 2.75) is 0 Å². The van der Waals surface area contributed by atoms with E-state index >= 15 is 0 Å². The van der Waals surface area contributed by atoms with E-state index in [2.05, 4.69) is 120 Å². The van der Waals surface area contributed by atoms with E-state index in [9.17, 15) is 19.8 Å². The Labute approximate surface area is 262 Å². The summed E-state index contributed by atoms with van der Waals surface area (Å²) in [6.07, 6.45) is 0. The zero-order valence-electron chi connectivity index (χ0n) is 22.9. The van der Waals surface area contributed by atoms with Crippen LogP contribution >= 0.6 is 63.7 Å². The van der Waals surface area contributed by atoms with E-state index in [0.717, 1.165) is 8.97 Å². The van der Waals surface area contributed by atoms with Crippen LogP contribution in [0.1, 0.15) is 10.4 Å². The molecule has 0 bridgehead atoms. The van der Waals surface area contributed by atoms with Crippen molar-refractivity contribution < 1.29 is 28.4 Å². The molecule has 0 amide bonds. The van der Waals surface area contributed by atoms with Crippen LogP contribution in [0.25, 0.3) is 33.4 Å². The molecule has 0 radical (unpaired) electrons. The molecular formula is C28H30Br4N2O5. The molecule has 210 valence electrons. The number of nitrogens with zero attached hydrogens (tertiary/aromatic N) is 2. The lowest BCUT2D eigenvalue weighted by Gasteiger charge is -2.22. The number of carbonyl (C=O) groups excluding carboxylic acids is 1. The number of carbonyl (C=O) groups is 1. The molecule has 2 aliphatic rings. The van der Waals surface area contributed by atoms with Gasteiger partial charge in [0.15, 0.2) is 5.76 Å². The van der Waals surface area contributed by atoms with Crippen molar-refractivity contribution >= 4 is 80.7 Å². The van der Waals surface area contributed by atoms with Crippen LogP contribution in [0, 0.1) is 0 Å². The second kappa shape index (κ2) is 12.8. The van der Waals surface area contributed by atoms with Gasteiger partial charge < -0.3 is 28.4 Å². The lowest BCUT2D eigenvalue weighted by molar-refractivity contribution is -0.849.